The van der Waals surface area contributed by atoms with Gasteiger partial charge in [0.1, 0.15) is 17.4 Å². The largest absolute Gasteiger partial charge is 0.508 e. The molecule has 0 radical (unpaired) electrons. The molecule has 4 N–H and O–H groups in total. The van der Waals surface area contributed by atoms with Crippen LogP contribution in [0.3, 0.4) is 0 Å². The SMILES string of the molecule is CC1(O)CCn2c(CNC(=O)N(CCC(F)(F)F)C(=N)c3ccc(O)cc3)nc(-c3cccc(Cl)c3)c2C1. The van der Waals surface area contributed by atoms with E-state index in [-0.39, 0.29) is 17.9 Å². The van der Waals surface area contributed by atoms with E-state index in [0.717, 1.165) is 11.3 Å². The summed E-state index contributed by atoms with van der Waals surface area (Å²) >= 11 is 6.17. The molecule has 4 rings (SSSR count). The number of imidazole rings is 1. The van der Waals surface area contributed by atoms with Crippen molar-refractivity contribution in [2.75, 3.05) is 6.54 Å². The van der Waals surface area contributed by atoms with Gasteiger partial charge in [0.15, 0.2) is 0 Å². The number of phenols is 1. The van der Waals surface area contributed by atoms with E-state index in [4.69, 9.17) is 22.0 Å². The average molecular weight is 550 g/mol. The predicted molar refractivity (Wildman–Crippen MR) is 136 cm³/mol. The highest BCUT2D eigenvalue weighted by molar-refractivity contribution is 6.30. The lowest BCUT2D eigenvalue weighted by molar-refractivity contribution is -0.135. The number of aromatic nitrogens is 2. The first kappa shape index (κ1) is 27.5. The number of fused-ring (bicyclic) bond motifs is 1. The van der Waals surface area contributed by atoms with E-state index in [1.807, 2.05) is 10.6 Å². The van der Waals surface area contributed by atoms with E-state index in [0.29, 0.717) is 40.8 Å². The second-order valence-corrected chi connectivity index (χ2v) is 9.92. The molecule has 3 aromatic rings. The first-order valence-corrected chi connectivity index (χ1v) is 12.3. The van der Waals surface area contributed by atoms with Gasteiger partial charge in [-0.25, -0.2) is 9.78 Å². The third-order valence-corrected chi connectivity index (χ3v) is 6.58. The number of benzene rings is 2. The van der Waals surface area contributed by atoms with E-state index in [9.17, 15) is 28.2 Å². The standard InChI is InChI=1S/C26H27ClF3N5O3/c1-25(38)9-11-34-20(14-25)22(17-3-2-4-18(27)13-17)33-21(34)15-32-24(37)35(12-10-26(28,29)30)23(31)16-5-7-19(36)8-6-16/h2-8,13,31,36,38H,9-12,14-15H2,1H3,(H,32,37). The molecule has 1 aromatic heterocycles. The van der Waals surface area contributed by atoms with E-state index in [2.05, 4.69) is 5.32 Å². The minimum atomic E-state index is -4.53. The van der Waals surface area contributed by atoms with E-state index in [1.165, 1.54) is 24.3 Å². The normalized spacial score (nSPS) is 17.1. The van der Waals surface area contributed by atoms with Crippen molar-refractivity contribution in [3.05, 3.63) is 70.6 Å². The van der Waals surface area contributed by atoms with Gasteiger partial charge < -0.3 is 20.1 Å². The summed E-state index contributed by atoms with van der Waals surface area (Å²) in [5.74, 6) is -0.0512. The van der Waals surface area contributed by atoms with Gasteiger partial charge >= 0.3 is 12.2 Å². The topological polar surface area (TPSA) is 114 Å². The van der Waals surface area contributed by atoms with Gasteiger partial charge in [0, 0.05) is 41.4 Å². The number of urea groups is 1. The van der Waals surface area contributed by atoms with Crippen molar-refractivity contribution >= 4 is 23.5 Å². The predicted octanol–water partition coefficient (Wildman–Crippen LogP) is 5.10. The molecule has 38 heavy (non-hydrogen) atoms. The van der Waals surface area contributed by atoms with Gasteiger partial charge in [-0.15, -0.1) is 0 Å². The number of carbonyl (C=O) groups excluding carboxylic acids is 1. The van der Waals surface area contributed by atoms with Crippen LogP contribution in [0.25, 0.3) is 11.3 Å². The summed E-state index contributed by atoms with van der Waals surface area (Å²) in [4.78, 5) is 18.5. The quantitative estimate of drug-likeness (QED) is 0.253. The number of nitrogens with zero attached hydrogens (tertiary/aromatic N) is 3. The van der Waals surface area contributed by atoms with Gasteiger partial charge in [0.25, 0.3) is 0 Å². The van der Waals surface area contributed by atoms with Crippen LogP contribution in [-0.2, 0) is 19.5 Å². The Balaban J connectivity index is 1.59. The van der Waals surface area contributed by atoms with Crippen LogP contribution in [0.15, 0.2) is 48.5 Å². The van der Waals surface area contributed by atoms with Crippen LogP contribution >= 0.6 is 11.6 Å². The highest BCUT2D eigenvalue weighted by atomic mass is 35.5. The Bertz CT molecular complexity index is 1340. The van der Waals surface area contributed by atoms with Crippen LogP contribution in [0.4, 0.5) is 18.0 Å². The summed E-state index contributed by atoms with van der Waals surface area (Å²) in [6.45, 7) is 1.30. The molecule has 0 aliphatic carbocycles. The Kier molecular flexibility index (Phi) is 7.70. The number of carbonyl (C=O) groups is 1. The van der Waals surface area contributed by atoms with E-state index < -0.39 is 36.6 Å². The van der Waals surface area contributed by atoms with Crippen LogP contribution in [0, 0.1) is 5.41 Å². The maximum Gasteiger partial charge on any atom is 0.390 e. The molecule has 2 amide bonds. The number of hydrogen-bond acceptors (Lipinski definition) is 5. The Hall–Kier alpha value is -3.57. The number of amides is 2. The first-order valence-electron chi connectivity index (χ1n) is 11.9. The fourth-order valence-corrected chi connectivity index (χ4v) is 4.55. The molecule has 0 spiro atoms. The van der Waals surface area contributed by atoms with Crippen molar-refractivity contribution in [1.29, 1.82) is 5.41 Å². The lowest BCUT2D eigenvalue weighted by Gasteiger charge is -2.30. The maximum atomic E-state index is 13.1. The second-order valence-electron chi connectivity index (χ2n) is 9.48. The minimum absolute atomic E-state index is 0.0774. The van der Waals surface area contributed by atoms with Crippen molar-refractivity contribution in [3.8, 4) is 17.0 Å². The molecule has 1 aliphatic rings. The van der Waals surface area contributed by atoms with Crippen molar-refractivity contribution < 1.29 is 28.2 Å². The molecule has 1 atom stereocenters. The molecule has 0 fully saturated rings. The van der Waals surface area contributed by atoms with Gasteiger partial charge in [-0.05, 0) is 49.7 Å². The third-order valence-electron chi connectivity index (χ3n) is 6.34. The number of halogens is 4. The summed E-state index contributed by atoms with van der Waals surface area (Å²) in [5.41, 5.74) is 1.32. The van der Waals surface area contributed by atoms with Gasteiger partial charge in [0.05, 0.1) is 24.3 Å². The molecule has 2 heterocycles. The minimum Gasteiger partial charge on any atom is -0.508 e. The molecule has 202 valence electrons. The number of phenolic OH excluding ortho intramolecular Hbond substituents is 1. The Morgan fingerprint density at radius 2 is 1.97 bits per heavy atom. The Labute approximate surface area is 222 Å². The molecule has 1 unspecified atom stereocenters. The van der Waals surface area contributed by atoms with Gasteiger partial charge in [-0.1, -0.05) is 23.7 Å². The van der Waals surface area contributed by atoms with E-state index >= 15 is 0 Å². The number of alkyl halides is 3. The van der Waals surface area contributed by atoms with E-state index in [1.54, 1.807) is 25.1 Å². The smallest absolute Gasteiger partial charge is 0.390 e. The van der Waals surface area contributed by atoms with Crippen LogP contribution in [0.1, 0.15) is 36.8 Å². The molecule has 2 aromatic carbocycles. The van der Waals surface area contributed by atoms with Gasteiger partial charge in [0.2, 0.25) is 0 Å². The molecule has 1 aliphatic heterocycles. The van der Waals surface area contributed by atoms with Gasteiger partial charge in [-0.2, -0.15) is 13.2 Å². The fourth-order valence-electron chi connectivity index (χ4n) is 4.36. The third kappa shape index (κ3) is 6.46. The van der Waals surface area contributed by atoms with Crippen LogP contribution in [0.2, 0.25) is 5.02 Å². The van der Waals surface area contributed by atoms with Gasteiger partial charge in [-0.3, -0.25) is 10.3 Å². The van der Waals surface area contributed by atoms with Crippen molar-refractivity contribution in [1.82, 2.24) is 19.8 Å². The van der Waals surface area contributed by atoms with Crippen molar-refractivity contribution in [3.63, 3.8) is 0 Å². The Morgan fingerprint density at radius 3 is 2.63 bits per heavy atom. The van der Waals surface area contributed by atoms with Crippen LogP contribution in [-0.4, -0.2) is 54.9 Å². The number of amidine groups is 1. The summed E-state index contributed by atoms with van der Waals surface area (Å²) in [7, 11) is 0. The number of rotatable bonds is 6. The van der Waals surface area contributed by atoms with Crippen LogP contribution in [0.5, 0.6) is 5.75 Å². The zero-order chi connectivity index (χ0) is 27.7. The highest BCUT2D eigenvalue weighted by Gasteiger charge is 2.33. The summed E-state index contributed by atoms with van der Waals surface area (Å²) in [6, 6.07) is 11.4. The Morgan fingerprint density at radius 1 is 1.26 bits per heavy atom. The molecule has 12 heteroatoms. The van der Waals surface area contributed by atoms with Crippen LogP contribution < -0.4 is 5.32 Å². The lowest BCUT2D eigenvalue weighted by Crippen LogP contribution is -2.45. The van der Waals surface area contributed by atoms with Crippen molar-refractivity contribution in [2.45, 2.75) is 51.1 Å². The molecular weight excluding hydrogens is 523 g/mol. The average Bonchev–Trinajstić information content (AvgIpc) is 3.19. The maximum absolute atomic E-state index is 13.1. The monoisotopic (exact) mass is 549 g/mol. The highest BCUT2D eigenvalue weighted by Crippen LogP contribution is 2.34. The van der Waals surface area contributed by atoms with Crippen molar-refractivity contribution in [2.24, 2.45) is 0 Å². The number of aliphatic hydroxyl groups is 1. The molecule has 0 bridgehead atoms. The number of aromatic hydroxyl groups is 1. The number of hydrogen-bond donors (Lipinski definition) is 4. The lowest BCUT2D eigenvalue weighted by atomic mass is 9.91. The zero-order valence-electron chi connectivity index (χ0n) is 20.5. The number of nitrogens with one attached hydrogen (secondary N) is 2. The fraction of sp³-hybridized carbons (Fsp3) is 0.346. The summed E-state index contributed by atoms with van der Waals surface area (Å²) < 4.78 is 40.9. The molecule has 0 saturated heterocycles. The molecule has 8 nitrogen and oxygen atoms in total. The first-order chi connectivity index (χ1) is 17.8. The molecular formula is C26H27ClF3N5O3. The summed E-state index contributed by atoms with van der Waals surface area (Å²) in [5, 5.41) is 31.7. The molecule has 0 saturated carbocycles. The second kappa shape index (κ2) is 10.7. The summed E-state index contributed by atoms with van der Waals surface area (Å²) in [6.07, 6.45) is -5.05. The zero-order valence-corrected chi connectivity index (χ0v) is 21.3.